The Kier molecular flexibility index (Phi) is 3.61. The Hall–Kier alpha value is -3.33. The number of thioether (sulfide) groups is 1. The van der Waals surface area contributed by atoms with Gasteiger partial charge in [-0.1, -0.05) is 54.2 Å². The first-order valence-corrected chi connectivity index (χ1v) is 9.37. The van der Waals surface area contributed by atoms with E-state index in [-0.39, 0.29) is 5.75 Å². The fourth-order valence-corrected chi connectivity index (χ4v) is 3.85. The van der Waals surface area contributed by atoms with Crippen molar-refractivity contribution in [1.29, 1.82) is 0 Å². The number of carbonyl (C=O) groups excluding carboxylic acids is 1. The second kappa shape index (κ2) is 6.13. The highest BCUT2D eigenvalue weighted by molar-refractivity contribution is 7.99. The maximum atomic E-state index is 11.1. The Morgan fingerprint density at radius 2 is 1.70 bits per heavy atom. The molecule has 5 aromatic rings. The standard InChI is InChI=1S/C18H15N7OS/c19-15(26)11-27-18-21-20-16-24-14-9-5-4-8-13(14)23(17(24)22-25(16)18)10-12-6-2-1-3-7-12/h1-9H,10-11H2,(H2,19,26). The van der Waals surface area contributed by atoms with Gasteiger partial charge in [-0.25, -0.2) is 4.40 Å². The van der Waals surface area contributed by atoms with E-state index >= 15 is 0 Å². The van der Waals surface area contributed by atoms with Gasteiger partial charge in [-0.15, -0.1) is 15.3 Å². The zero-order valence-electron chi connectivity index (χ0n) is 14.2. The lowest BCUT2D eigenvalue weighted by Gasteiger charge is -2.05. The molecule has 1 amide bonds. The lowest BCUT2D eigenvalue weighted by atomic mass is 10.2. The summed E-state index contributed by atoms with van der Waals surface area (Å²) in [5.41, 5.74) is 8.50. The van der Waals surface area contributed by atoms with Gasteiger partial charge < -0.3 is 10.3 Å². The Balaban J connectivity index is 1.73. The van der Waals surface area contributed by atoms with Crippen LogP contribution in [0, 0.1) is 0 Å². The quantitative estimate of drug-likeness (QED) is 0.472. The number of carbonyl (C=O) groups is 1. The van der Waals surface area contributed by atoms with E-state index in [0.29, 0.717) is 17.5 Å². The topological polar surface area (TPSA) is 95.5 Å². The van der Waals surface area contributed by atoms with Crippen molar-refractivity contribution in [2.45, 2.75) is 11.7 Å². The molecule has 0 bridgehead atoms. The van der Waals surface area contributed by atoms with Crippen LogP contribution in [0.25, 0.3) is 22.6 Å². The van der Waals surface area contributed by atoms with Crippen molar-refractivity contribution < 1.29 is 4.79 Å². The molecule has 134 valence electrons. The van der Waals surface area contributed by atoms with Crippen LogP contribution < -0.4 is 5.73 Å². The maximum Gasteiger partial charge on any atom is 0.260 e. The number of nitrogens with two attached hydrogens (primary N) is 1. The van der Waals surface area contributed by atoms with Crippen LogP contribution in [0.2, 0.25) is 0 Å². The monoisotopic (exact) mass is 377 g/mol. The fraction of sp³-hybridized carbons (Fsp3) is 0.111. The van der Waals surface area contributed by atoms with Gasteiger partial charge in [0.15, 0.2) is 0 Å². The van der Waals surface area contributed by atoms with Crippen molar-refractivity contribution in [3.8, 4) is 0 Å². The molecule has 27 heavy (non-hydrogen) atoms. The summed E-state index contributed by atoms with van der Waals surface area (Å²) in [4.78, 5) is 11.1. The average molecular weight is 377 g/mol. The molecular formula is C18H15N7OS. The summed E-state index contributed by atoms with van der Waals surface area (Å²) in [6, 6.07) is 18.4. The Bertz CT molecular complexity index is 1290. The highest BCUT2D eigenvalue weighted by Crippen LogP contribution is 2.25. The third-order valence-electron chi connectivity index (χ3n) is 4.37. The number of imidazole rings is 1. The minimum absolute atomic E-state index is 0.132. The molecule has 0 radical (unpaired) electrons. The summed E-state index contributed by atoms with van der Waals surface area (Å²) in [6.45, 7) is 0.690. The second-order valence-corrected chi connectivity index (χ2v) is 7.09. The van der Waals surface area contributed by atoms with Crippen molar-refractivity contribution in [3.63, 3.8) is 0 Å². The highest BCUT2D eigenvalue weighted by atomic mass is 32.2. The summed E-state index contributed by atoms with van der Waals surface area (Å²) in [7, 11) is 0. The summed E-state index contributed by atoms with van der Waals surface area (Å²) < 4.78 is 5.80. The van der Waals surface area contributed by atoms with Gasteiger partial charge in [0, 0.05) is 0 Å². The smallest absolute Gasteiger partial charge is 0.260 e. The molecule has 0 aliphatic heterocycles. The first kappa shape index (κ1) is 15.9. The fourth-order valence-electron chi connectivity index (χ4n) is 3.24. The van der Waals surface area contributed by atoms with E-state index in [2.05, 4.69) is 33.0 Å². The third kappa shape index (κ3) is 2.55. The average Bonchev–Trinajstić information content (AvgIpc) is 3.32. The van der Waals surface area contributed by atoms with Gasteiger partial charge in [-0.05, 0) is 17.7 Å². The number of rotatable bonds is 5. The molecule has 3 aromatic heterocycles. The molecule has 5 rings (SSSR count). The van der Waals surface area contributed by atoms with Crippen LogP contribution in [0.3, 0.4) is 0 Å². The molecule has 0 saturated heterocycles. The van der Waals surface area contributed by atoms with E-state index in [9.17, 15) is 4.79 Å². The predicted molar refractivity (Wildman–Crippen MR) is 103 cm³/mol. The lowest BCUT2D eigenvalue weighted by Crippen LogP contribution is -2.13. The van der Waals surface area contributed by atoms with Gasteiger partial charge in [0.05, 0.1) is 23.3 Å². The molecule has 9 heteroatoms. The number of fused-ring (bicyclic) bond motifs is 5. The molecule has 0 unspecified atom stereocenters. The number of para-hydroxylation sites is 2. The van der Waals surface area contributed by atoms with Crippen molar-refractivity contribution in [2.75, 3.05) is 5.75 Å². The molecule has 0 saturated carbocycles. The number of aromatic nitrogens is 6. The first-order chi connectivity index (χ1) is 13.2. The summed E-state index contributed by atoms with van der Waals surface area (Å²) >= 11 is 1.23. The van der Waals surface area contributed by atoms with Crippen molar-refractivity contribution in [3.05, 3.63) is 60.2 Å². The third-order valence-corrected chi connectivity index (χ3v) is 5.31. The van der Waals surface area contributed by atoms with Crippen LogP contribution in [0.15, 0.2) is 59.8 Å². The summed E-state index contributed by atoms with van der Waals surface area (Å²) in [6.07, 6.45) is 0. The minimum atomic E-state index is -0.403. The number of hydrogen-bond donors (Lipinski definition) is 1. The summed E-state index contributed by atoms with van der Waals surface area (Å²) in [5, 5.41) is 13.7. The van der Waals surface area contributed by atoms with Crippen LogP contribution in [0.4, 0.5) is 0 Å². The van der Waals surface area contributed by atoms with E-state index in [1.54, 1.807) is 4.52 Å². The van der Waals surface area contributed by atoms with Crippen LogP contribution in [0.5, 0.6) is 0 Å². The predicted octanol–water partition coefficient (Wildman–Crippen LogP) is 1.96. The molecule has 0 aliphatic rings. The van der Waals surface area contributed by atoms with Crippen molar-refractivity contribution >= 4 is 40.3 Å². The maximum absolute atomic E-state index is 11.1. The molecule has 0 aliphatic carbocycles. The molecular weight excluding hydrogens is 362 g/mol. The van der Waals surface area contributed by atoms with Gasteiger partial charge in [0.1, 0.15) is 0 Å². The Morgan fingerprint density at radius 1 is 0.963 bits per heavy atom. The molecule has 3 heterocycles. The lowest BCUT2D eigenvalue weighted by molar-refractivity contribution is -0.115. The van der Waals surface area contributed by atoms with Crippen molar-refractivity contribution in [1.82, 2.24) is 28.8 Å². The van der Waals surface area contributed by atoms with Crippen molar-refractivity contribution in [2.24, 2.45) is 5.73 Å². The molecule has 8 nitrogen and oxygen atoms in total. The van der Waals surface area contributed by atoms with E-state index in [4.69, 9.17) is 10.8 Å². The molecule has 2 N–H and O–H groups in total. The number of nitrogens with zero attached hydrogens (tertiary/aromatic N) is 6. The SMILES string of the molecule is NC(=O)CSc1nnc2n1nc1n(Cc3ccccc3)c3ccccc3n12. The highest BCUT2D eigenvalue weighted by Gasteiger charge is 2.20. The van der Waals surface area contributed by atoms with E-state index < -0.39 is 5.91 Å². The zero-order chi connectivity index (χ0) is 18.4. The minimum Gasteiger partial charge on any atom is -0.369 e. The zero-order valence-corrected chi connectivity index (χ0v) is 15.0. The van der Waals surface area contributed by atoms with Gasteiger partial charge in [0.25, 0.3) is 5.78 Å². The largest absolute Gasteiger partial charge is 0.369 e. The van der Waals surface area contributed by atoms with Gasteiger partial charge in [-0.3, -0.25) is 4.79 Å². The molecule has 2 aromatic carbocycles. The number of primary amides is 1. The van der Waals surface area contributed by atoms with Gasteiger partial charge >= 0.3 is 0 Å². The van der Waals surface area contributed by atoms with E-state index in [1.165, 1.54) is 17.3 Å². The Labute approximate surface area is 157 Å². The van der Waals surface area contributed by atoms with E-state index in [1.807, 2.05) is 40.8 Å². The molecule has 0 spiro atoms. The van der Waals surface area contributed by atoms with Crippen LogP contribution in [0.1, 0.15) is 5.56 Å². The van der Waals surface area contributed by atoms with Gasteiger partial charge in [-0.2, -0.15) is 4.52 Å². The Morgan fingerprint density at radius 3 is 2.48 bits per heavy atom. The number of benzene rings is 2. The molecule has 0 atom stereocenters. The second-order valence-electron chi connectivity index (χ2n) is 6.15. The van der Waals surface area contributed by atoms with E-state index in [0.717, 1.165) is 16.8 Å². The number of hydrogen-bond acceptors (Lipinski definition) is 5. The normalized spacial score (nSPS) is 11.7. The molecule has 0 fully saturated rings. The van der Waals surface area contributed by atoms with Crippen LogP contribution in [-0.4, -0.2) is 40.4 Å². The number of amides is 1. The summed E-state index contributed by atoms with van der Waals surface area (Å²) in [5.74, 6) is 1.11. The first-order valence-electron chi connectivity index (χ1n) is 8.38. The van der Waals surface area contributed by atoms with Gasteiger partial charge in [0.2, 0.25) is 16.8 Å². The van der Waals surface area contributed by atoms with Crippen LogP contribution >= 0.6 is 11.8 Å². The van der Waals surface area contributed by atoms with Crippen LogP contribution in [-0.2, 0) is 11.3 Å².